The van der Waals surface area contributed by atoms with Crippen LogP contribution >= 0.6 is 12.2 Å². The lowest BCUT2D eigenvalue weighted by Crippen LogP contribution is -2.59. The number of para-hydroxylation sites is 2. The van der Waals surface area contributed by atoms with Crippen molar-refractivity contribution < 1.29 is 9.53 Å². The number of nitrogens with zero attached hydrogens (tertiary/aromatic N) is 1. The van der Waals surface area contributed by atoms with Gasteiger partial charge in [0.15, 0.2) is 5.54 Å². The molecule has 0 bridgehead atoms. The molecule has 0 saturated carbocycles. The molecule has 2 rings (SSSR count). The van der Waals surface area contributed by atoms with Crippen LogP contribution in [0, 0.1) is 0 Å². The molecule has 5 heteroatoms. The lowest BCUT2D eigenvalue weighted by Gasteiger charge is -2.39. The van der Waals surface area contributed by atoms with E-state index in [0.717, 1.165) is 11.4 Å². The second kappa shape index (κ2) is 6.58. The molecule has 4 nitrogen and oxygen atoms in total. The highest BCUT2D eigenvalue weighted by atomic mass is 32.1. The van der Waals surface area contributed by atoms with Gasteiger partial charge in [0.05, 0.1) is 7.11 Å². The van der Waals surface area contributed by atoms with Crippen LogP contribution < -0.4 is 10.6 Å². The van der Waals surface area contributed by atoms with Crippen LogP contribution in [0.25, 0.3) is 0 Å². The van der Waals surface area contributed by atoms with E-state index in [9.17, 15) is 4.79 Å². The van der Waals surface area contributed by atoms with Gasteiger partial charge in [0.25, 0.3) is 0 Å². The van der Waals surface area contributed by atoms with E-state index in [1.807, 2.05) is 60.7 Å². The fraction of sp³-hybridized carbons (Fsp3) is 0.176. The summed E-state index contributed by atoms with van der Waals surface area (Å²) >= 11 is 5.18. The highest BCUT2D eigenvalue weighted by Gasteiger charge is 2.45. The third kappa shape index (κ3) is 2.80. The third-order valence-electron chi connectivity index (χ3n) is 3.54. The molecule has 0 heterocycles. The van der Waals surface area contributed by atoms with E-state index in [4.69, 9.17) is 22.7 Å². The van der Waals surface area contributed by atoms with E-state index < -0.39 is 11.5 Å². The average Bonchev–Trinajstić information content (AvgIpc) is 2.56. The second-order valence-corrected chi connectivity index (χ2v) is 5.37. The Morgan fingerprint density at radius 1 is 1.05 bits per heavy atom. The van der Waals surface area contributed by atoms with Crippen LogP contribution in [0.4, 0.5) is 11.4 Å². The summed E-state index contributed by atoms with van der Waals surface area (Å²) in [6.45, 7) is 1.67. The van der Waals surface area contributed by atoms with E-state index >= 15 is 0 Å². The Bertz CT molecular complexity index is 621. The van der Waals surface area contributed by atoms with Crippen LogP contribution in [0.5, 0.6) is 0 Å². The summed E-state index contributed by atoms with van der Waals surface area (Å²) < 4.78 is 4.95. The van der Waals surface area contributed by atoms with Gasteiger partial charge < -0.3 is 15.4 Å². The summed E-state index contributed by atoms with van der Waals surface area (Å²) in [5.41, 5.74) is 6.23. The van der Waals surface area contributed by atoms with Gasteiger partial charge in [0, 0.05) is 11.4 Å². The quantitative estimate of drug-likeness (QED) is 0.679. The van der Waals surface area contributed by atoms with E-state index in [2.05, 4.69) is 0 Å². The highest BCUT2D eigenvalue weighted by Crippen LogP contribution is 2.34. The Balaban J connectivity index is 2.67. The minimum Gasteiger partial charge on any atom is -0.467 e. The normalized spacial score (nSPS) is 13.0. The number of nitrogens with two attached hydrogens (primary N) is 1. The van der Waals surface area contributed by atoms with Crippen molar-refractivity contribution in [3.05, 3.63) is 60.7 Å². The molecule has 2 aromatic rings. The molecule has 0 aliphatic heterocycles. The van der Waals surface area contributed by atoms with E-state index in [1.54, 1.807) is 11.8 Å². The summed E-state index contributed by atoms with van der Waals surface area (Å²) in [5, 5.41) is 0. The molecular weight excluding hydrogens is 296 g/mol. The van der Waals surface area contributed by atoms with Crippen molar-refractivity contribution in [2.24, 2.45) is 5.73 Å². The smallest absolute Gasteiger partial charge is 0.338 e. The number of ether oxygens (including phenoxy) is 1. The monoisotopic (exact) mass is 314 g/mol. The molecule has 0 aliphatic carbocycles. The fourth-order valence-corrected chi connectivity index (χ4v) is 2.50. The second-order valence-electron chi connectivity index (χ2n) is 4.93. The summed E-state index contributed by atoms with van der Waals surface area (Å²) in [4.78, 5) is 14.3. The molecular formula is C17H18N2O2S. The number of rotatable bonds is 5. The Morgan fingerprint density at radius 2 is 1.45 bits per heavy atom. The van der Waals surface area contributed by atoms with Crippen LogP contribution in [-0.4, -0.2) is 23.6 Å². The molecule has 0 unspecified atom stereocenters. The Hall–Kier alpha value is -2.40. The minimum absolute atomic E-state index is 0.0482. The van der Waals surface area contributed by atoms with Crippen molar-refractivity contribution >= 4 is 34.6 Å². The summed E-state index contributed by atoms with van der Waals surface area (Å²) in [6, 6.07) is 19.0. The predicted octanol–water partition coefficient (Wildman–Crippen LogP) is 3.04. The van der Waals surface area contributed by atoms with E-state index in [-0.39, 0.29) is 4.99 Å². The van der Waals surface area contributed by atoms with Crippen LogP contribution in [0.1, 0.15) is 6.92 Å². The summed E-state index contributed by atoms with van der Waals surface area (Å²) in [5.74, 6) is -0.507. The van der Waals surface area contributed by atoms with Crippen LogP contribution in [-0.2, 0) is 9.53 Å². The van der Waals surface area contributed by atoms with Gasteiger partial charge in [-0.15, -0.1) is 0 Å². The van der Waals surface area contributed by atoms with Gasteiger partial charge >= 0.3 is 5.97 Å². The maximum atomic E-state index is 12.4. The van der Waals surface area contributed by atoms with Gasteiger partial charge in [-0.1, -0.05) is 48.6 Å². The molecule has 0 saturated heterocycles. The molecule has 114 valence electrons. The maximum absolute atomic E-state index is 12.4. The SMILES string of the molecule is COC(=O)[C@@](C)(C(N)=S)N(c1ccccc1)c1ccccc1. The number of benzene rings is 2. The zero-order valence-corrected chi connectivity index (χ0v) is 13.3. The largest absolute Gasteiger partial charge is 0.467 e. The van der Waals surface area contributed by atoms with Gasteiger partial charge in [-0.05, 0) is 31.2 Å². The number of thiocarbonyl (C=S) groups is 1. The average molecular weight is 314 g/mol. The van der Waals surface area contributed by atoms with Gasteiger partial charge in [0.1, 0.15) is 4.99 Å². The van der Waals surface area contributed by atoms with Crippen LogP contribution in [0.3, 0.4) is 0 Å². The number of methoxy groups -OCH3 is 1. The van der Waals surface area contributed by atoms with Gasteiger partial charge in [0.2, 0.25) is 0 Å². The Kier molecular flexibility index (Phi) is 4.78. The minimum atomic E-state index is -1.28. The molecule has 0 fully saturated rings. The van der Waals surface area contributed by atoms with Gasteiger partial charge in [-0.3, -0.25) is 0 Å². The summed E-state index contributed by atoms with van der Waals surface area (Å²) in [7, 11) is 1.33. The van der Waals surface area contributed by atoms with Crippen molar-refractivity contribution in [3.63, 3.8) is 0 Å². The maximum Gasteiger partial charge on any atom is 0.338 e. The van der Waals surface area contributed by atoms with Crippen molar-refractivity contribution in [3.8, 4) is 0 Å². The molecule has 22 heavy (non-hydrogen) atoms. The number of esters is 1. The van der Waals surface area contributed by atoms with E-state index in [0.29, 0.717) is 0 Å². The first-order chi connectivity index (χ1) is 10.5. The predicted molar refractivity (Wildman–Crippen MR) is 92.2 cm³/mol. The molecule has 0 aliphatic rings. The van der Waals surface area contributed by atoms with Gasteiger partial charge in [-0.25, -0.2) is 4.79 Å². The third-order valence-corrected chi connectivity index (χ3v) is 3.94. The molecule has 1 atom stereocenters. The van der Waals surface area contributed by atoms with Gasteiger partial charge in [-0.2, -0.15) is 0 Å². The fourth-order valence-electron chi connectivity index (χ4n) is 2.32. The zero-order chi connectivity index (χ0) is 16.2. The molecule has 0 aromatic heterocycles. The molecule has 2 aromatic carbocycles. The lowest BCUT2D eigenvalue weighted by atomic mass is 9.97. The first kappa shape index (κ1) is 16.0. The summed E-state index contributed by atoms with van der Waals surface area (Å²) in [6.07, 6.45) is 0. The first-order valence-electron chi connectivity index (χ1n) is 6.80. The topological polar surface area (TPSA) is 55.6 Å². The highest BCUT2D eigenvalue weighted by molar-refractivity contribution is 7.80. The number of hydrogen-bond donors (Lipinski definition) is 1. The number of carbonyl (C=O) groups excluding carboxylic acids is 1. The molecule has 2 N–H and O–H groups in total. The van der Waals surface area contributed by atoms with Crippen molar-refractivity contribution in [2.45, 2.75) is 12.5 Å². The molecule has 0 radical (unpaired) electrons. The Morgan fingerprint density at radius 3 is 1.77 bits per heavy atom. The number of carbonyl (C=O) groups is 1. The molecule has 0 amide bonds. The molecule has 0 spiro atoms. The van der Waals surface area contributed by atoms with Crippen molar-refractivity contribution in [1.82, 2.24) is 0 Å². The number of hydrogen-bond acceptors (Lipinski definition) is 4. The first-order valence-corrected chi connectivity index (χ1v) is 7.21. The number of anilines is 2. The van der Waals surface area contributed by atoms with Crippen LogP contribution in [0.15, 0.2) is 60.7 Å². The standard InChI is InChI=1S/C17H18N2O2S/c1-17(15(18)22,16(20)21-2)19(13-9-5-3-6-10-13)14-11-7-4-8-12-14/h3-12H,1-2H3,(H2,18,22)/t17-/m1/s1. The van der Waals surface area contributed by atoms with Crippen molar-refractivity contribution in [2.75, 3.05) is 12.0 Å². The lowest BCUT2D eigenvalue weighted by molar-refractivity contribution is -0.143. The zero-order valence-electron chi connectivity index (χ0n) is 12.5. The van der Waals surface area contributed by atoms with Crippen molar-refractivity contribution in [1.29, 1.82) is 0 Å². The van der Waals surface area contributed by atoms with E-state index in [1.165, 1.54) is 7.11 Å². The van der Waals surface area contributed by atoms with Crippen LogP contribution in [0.2, 0.25) is 0 Å². The Labute approximate surface area is 135 Å².